The van der Waals surface area contributed by atoms with Crippen LogP contribution in [-0.2, 0) is 4.74 Å². The maximum Gasteiger partial charge on any atom is 0.407 e. The van der Waals surface area contributed by atoms with Crippen molar-refractivity contribution in [2.75, 3.05) is 6.54 Å². The van der Waals surface area contributed by atoms with Gasteiger partial charge in [-0.15, -0.1) is 0 Å². The van der Waals surface area contributed by atoms with E-state index in [0.717, 1.165) is 4.47 Å². The van der Waals surface area contributed by atoms with Crippen LogP contribution in [0.2, 0.25) is 0 Å². The van der Waals surface area contributed by atoms with Gasteiger partial charge in [0.25, 0.3) is 0 Å². The third kappa shape index (κ3) is 6.51. The van der Waals surface area contributed by atoms with Gasteiger partial charge in [-0.2, -0.15) is 0 Å². The zero-order chi connectivity index (χ0) is 17.0. The van der Waals surface area contributed by atoms with Crippen LogP contribution in [0.4, 0.5) is 4.79 Å². The van der Waals surface area contributed by atoms with E-state index in [4.69, 9.17) is 4.74 Å². The molecular weight excluding hydrogens is 356 g/mol. The van der Waals surface area contributed by atoms with Crippen LogP contribution in [0, 0.1) is 5.92 Å². The highest BCUT2D eigenvalue weighted by molar-refractivity contribution is 9.10. The molecule has 0 heterocycles. The van der Waals surface area contributed by atoms with E-state index in [1.807, 2.05) is 20.8 Å². The number of amides is 1. The number of hydrogen-bond donors (Lipinski definition) is 2. The molecule has 2 N–H and O–H groups in total. The van der Waals surface area contributed by atoms with Crippen LogP contribution in [0.25, 0.3) is 0 Å². The Hall–Kier alpha value is -1.07. The zero-order valence-electron chi connectivity index (χ0n) is 14.4. The van der Waals surface area contributed by atoms with E-state index in [1.54, 1.807) is 0 Å². The first-order valence-electron chi connectivity index (χ1n) is 8.23. The van der Waals surface area contributed by atoms with Crippen molar-refractivity contribution in [2.24, 2.45) is 5.92 Å². The lowest BCUT2D eigenvalue weighted by Gasteiger charge is -2.25. The molecule has 1 aliphatic rings. The summed E-state index contributed by atoms with van der Waals surface area (Å²) in [4.78, 5) is 11.8. The first-order valence-corrected chi connectivity index (χ1v) is 9.02. The molecule has 1 amide bonds. The lowest BCUT2D eigenvalue weighted by Crippen LogP contribution is -2.44. The zero-order valence-corrected chi connectivity index (χ0v) is 15.9. The van der Waals surface area contributed by atoms with Crippen molar-refractivity contribution in [1.82, 2.24) is 10.6 Å². The molecule has 1 aliphatic carbocycles. The molecular formula is C18H27BrN2O2. The summed E-state index contributed by atoms with van der Waals surface area (Å²) in [5.74, 6) is 0.642. The largest absolute Gasteiger partial charge is 0.444 e. The Bertz CT molecular complexity index is 521. The molecule has 0 aliphatic heterocycles. The Morgan fingerprint density at radius 2 is 1.91 bits per heavy atom. The summed E-state index contributed by atoms with van der Waals surface area (Å²) >= 11 is 3.46. The average molecular weight is 383 g/mol. The fourth-order valence-electron chi connectivity index (χ4n) is 2.54. The number of nitrogens with one attached hydrogen (secondary N) is 2. The number of halogens is 1. The van der Waals surface area contributed by atoms with Crippen molar-refractivity contribution in [3.63, 3.8) is 0 Å². The predicted molar refractivity (Wildman–Crippen MR) is 96.4 cm³/mol. The van der Waals surface area contributed by atoms with Crippen molar-refractivity contribution >= 4 is 22.0 Å². The predicted octanol–water partition coefficient (Wildman–Crippen LogP) is 4.40. The van der Waals surface area contributed by atoms with Gasteiger partial charge in [-0.25, -0.2) is 4.79 Å². The van der Waals surface area contributed by atoms with Gasteiger partial charge in [-0.1, -0.05) is 28.1 Å². The van der Waals surface area contributed by atoms with Gasteiger partial charge in [0.1, 0.15) is 5.60 Å². The van der Waals surface area contributed by atoms with Gasteiger partial charge in [0, 0.05) is 23.1 Å². The van der Waals surface area contributed by atoms with Gasteiger partial charge in [-0.3, -0.25) is 0 Å². The molecule has 0 aromatic heterocycles. The van der Waals surface area contributed by atoms with Gasteiger partial charge < -0.3 is 15.4 Å². The molecule has 0 bridgehead atoms. The first-order chi connectivity index (χ1) is 10.7. The number of ether oxygens (including phenoxy) is 1. The fraction of sp³-hybridized carbons (Fsp3) is 0.611. The number of alkyl carbamates (subject to hydrolysis) is 1. The van der Waals surface area contributed by atoms with Crippen LogP contribution in [-0.4, -0.2) is 24.3 Å². The molecule has 1 saturated carbocycles. The Morgan fingerprint density at radius 3 is 2.43 bits per heavy atom. The second kappa shape index (κ2) is 7.67. The van der Waals surface area contributed by atoms with Gasteiger partial charge in [0.05, 0.1) is 0 Å². The molecule has 0 saturated heterocycles. The summed E-state index contributed by atoms with van der Waals surface area (Å²) in [6.07, 6.45) is 2.10. The van der Waals surface area contributed by atoms with E-state index in [-0.39, 0.29) is 18.2 Å². The summed E-state index contributed by atoms with van der Waals surface area (Å²) in [7, 11) is 0. The topological polar surface area (TPSA) is 50.4 Å². The van der Waals surface area contributed by atoms with E-state index in [2.05, 4.69) is 57.8 Å². The SMILES string of the molecule is CC(NC(CNC(=O)OC(C)(C)C)C1CC1)c1ccc(Br)cc1. The van der Waals surface area contributed by atoms with Crippen molar-refractivity contribution in [2.45, 2.75) is 58.2 Å². The maximum absolute atomic E-state index is 11.8. The van der Waals surface area contributed by atoms with Gasteiger partial charge in [0.2, 0.25) is 0 Å². The van der Waals surface area contributed by atoms with E-state index in [0.29, 0.717) is 12.5 Å². The van der Waals surface area contributed by atoms with Crippen LogP contribution in [0.15, 0.2) is 28.7 Å². The normalized spacial score (nSPS) is 17.4. The first kappa shape index (κ1) is 18.3. The highest BCUT2D eigenvalue weighted by Crippen LogP contribution is 2.33. The summed E-state index contributed by atoms with van der Waals surface area (Å²) in [5, 5.41) is 6.54. The minimum Gasteiger partial charge on any atom is -0.444 e. The van der Waals surface area contributed by atoms with E-state index in [1.165, 1.54) is 18.4 Å². The lowest BCUT2D eigenvalue weighted by atomic mass is 10.1. The quantitative estimate of drug-likeness (QED) is 0.766. The van der Waals surface area contributed by atoms with Crippen LogP contribution < -0.4 is 10.6 Å². The van der Waals surface area contributed by atoms with Gasteiger partial charge >= 0.3 is 6.09 Å². The standard InChI is InChI=1S/C18H27BrN2O2/c1-12(13-7-9-15(19)10-8-13)21-16(14-5-6-14)11-20-17(22)23-18(2,3)4/h7-10,12,14,16,21H,5-6,11H2,1-4H3,(H,20,22). The highest BCUT2D eigenvalue weighted by atomic mass is 79.9. The smallest absolute Gasteiger partial charge is 0.407 e. The number of carbonyl (C=O) groups excluding carboxylic acids is 1. The molecule has 0 spiro atoms. The average Bonchev–Trinajstić information content (AvgIpc) is 3.26. The third-order valence-electron chi connectivity index (χ3n) is 3.89. The maximum atomic E-state index is 11.8. The van der Waals surface area contributed by atoms with E-state index >= 15 is 0 Å². The minimum absolute atomic E-state index is 0.245. The summed E-state index contributed by atoms with van der Waals surface area (Å²) < 4.78 is 6.39. The molecule has 2 unspecified atom stereocenters. The van der Waals surface area contributed by atoms with Crippen molar-refractivity contribution in [3.05, 3.63) is 34.3 Å². The minimum atomic E-state index is -0.461. The molecule has 2 rings (SSSR count). The molecule has 23 heavy (non-hydrogen) atoms. The Morgan fingerprint density at radius 1 is 1.30 bits per heavy atom. The number of carbonyl (C=O) groups is 1. The van der Waals surface area contributed by atoms with Crippen molar-refractivity contribution in [1.29, 1.82) is 0 Å². The van der Waals surface area contributed by atoms with Crippen LogP contribution in [0.5, 0.6) is 0 Å². The monoisotopic (exact) mass is 382 g/mol. The van der Waals surface area contributed by atoms with Gasteiger partial charge in [-0.05, 0) is 64.2 Å². The second-order valence-electron chi connectivity index (χ2n) is 7.27. The Balaban J connectivity index is 1.86. The van der Waals surface area contributed by atoms with E-state index < -0.39 is 5.60 Å². The summed E-state index contributed by atoms with van der Waals surface area (Å²) in [6.45, 7) is 8.38. The molecule has 4 nitrogen and oxygen atoms in total. The van der Waals surface area contributed by atoms with Gasteiger partial charge in [0.15, 0.2) is 0 Å². The number of hydrogen-bond acceptors (Lipinski definition) is 3. The molecule has 0 radical (unpaired) electrons. The molecule has 1 fully saturated rings. The highest BCUT2D eigenvalue weighted by Gasteiger charge is 2.32. The fourth-order valence-corrected chi connectivity index (χ4v) is 2.80. The van der Waals surface area contributed by atoms with Crippen molar-refractivity contribution in [3.8, 4) is 0 Å². The molecule has 2 atom stereocenters. The van der Waals surface area contributed by atoms with Crippen LogP contribution >= 0.6 is 15.9 Å². The Kier molecular flexibility index (Phi) is 6.09. The third-order valence-corrected chi connectivity index (χ3v) is 4.42. The van der Waals surface area contributed by atoms with Crippen molar-refractivity contribution < 1.29 is 9.53 Å². The van der Waals surface area contributed by atoms with Crippen LogP contribution in [0.1, 0.15) is 52.1 Å². The molecule has 1 aromatic rings. The molecule has 128 valence electrons. The summed E-state index contributed by atoms with van der Waals surface area (Å²) in [5.41, 5.74) is 0.785. The second-order valence-corrected chi connectivity index (χ2v) is 8.18. The lowest BCUT2D eigenvalue weighted by molar-refractivity contribution is 0.0520. The Labute approximate surface area is 147 Å². The van der Waals surface area contributed by atoms with Crippen LogP contribution in [0.3, 0.4) is 0 Å². The van der Waals surface area contributed by atoms with E-state index in [9.17, 15) is 4.79 Å². The number of rotatable bonds is 6. The molecule has 1 aromatic carbocycles. The summed E-state index contributed by atoms with van der Waals surface area (Å²) in [6, 6.07) is 8.87. The molecule has 5 heteroatoms. The number of benzene rings is 1.